The van der Waals surface area contributed by atoms with Gasteiger partial charge in [-0.05, 0) is 44.0 Å². The first-order valence-electron chi connectivity index (χ1n) is 9.54. The van der Waals surface area contributed by atoms with Crippen molar-refractivity contribution >= 4 is 11.5 Å². The lowest BCUT2D eigenvalue weighted by atomic mass is 9.99. The summed E-state index contributed by atoms with van der Waals surface area (Å²) >= 11 is 0. The van der Waals surface area contributed by atoms with Gasteiger partial charge in [-0.2, -0.15) is 0 Å². The normalized spacial score (nSPS) is 24.2. The maximum atomic E-state index is 14.4. The van der Waals surface area contributed by atoms with Crippen molar-refractivity contribution in [2.24, 2.45) is 5.73 Å². The number of hydrogen-bond acceptors (Lipinski definition) is 6. The van der Waals surface area contributed by atoms with Gasteiger partial charge in [0, 0.05) is 36.9 Å². The molecule has 2 atom stereocenters. The van der Waals surface area contributed by atoms with E-state index in [1.165, 1.54) is 6.07 Å². The minimum absolute atomic E-state index is 0.0355. The van der Waals surface area contributed by atoms with E-state index >= 15 is 0 Å². The van der Waals surface area contributed by atoms with Gasteiger partial charge in [0.05, 0.1) is 24.4 Å². The topological polar surface area (TPSA) is 76.3 Å². The summed E-state index contributed by atoms with van der Waals surface area (Å²) in [5.41, 5.74) is 9.23. The second-order valence-electron chi connectivity index (χ2n) is 7.97. The molecule has 148 valence electrons. The summed E-state index contributed by atoms with van der Waals surface area (Å²) in [7, 11) is 1.56. The smallest absolute Gasteiger partial charge is 0.225 e. The van der Waals surface area contributed by atoms with E-state index in [2.05, 4.69) is 22.1 Å². The SMILES string of the molecule is COc1cccc(F)c1C1=CNC(c2cc(C)nc(N3CCC(C)(N)C3)n2)C1. The molecule has 0 radical (unpaired) electrons. The summed E-state index contributed by atoms with van der Waals surface area (Å²) in [4.78, 5) is 11.5. The van der Waals surface area contributed by atoms with Crippen molar-refractivity contribution < 1.29 is 9.13 Å². The summed E-state index contributed by atoms with van der Waals surface area (Å²) in [5, 5.41) is 3.34. The minimum Gasteiger partial charge on any atom is -0.496 e. The Balaban J connectivity index is 1.58. The van der Waals surface area contributed by atoms with Gasteiger partial charge in [0.25, 0.3) is 0 Å². The van der Waals surface area contributed by atoms with Crippen molar-refractivity contribution in [1.82, 2.24) is 15.3 Å². The Morgan fingerprint density at radius 3 is 2.89 bits per heavy atom. The second-order valence-corrected chi connectivity index (χ2v) is 7.97. The number of rotatable bonds is 4. The van der Waals surface area contributed by atoms with E-state index in [-0.39, 0.29) is 17.4 Å². The molecule has 2 unspecified atom stereocenters. The molecule has 1 aromatic carbocycles. The molecule has 6 nitrogen and oxygen atoms in total. The summed E-state index contributed by atoms with van der Waals surface area (Å²) in [6, 6.07) is 6.83. The zero-order valence-electron chi connectivity index (χ0n) is 16.5. The van der Waals surface area contributed by atoms with Crippen LogP contribution in [0.5, 0.6) is 5.75 Å². The molecule has 3 heterocycles. The number of nitrogens with zero attached hydrogens (tertiary/aromatic N) is 3. The molecule has 0 spiro atoms. The Bertz CT molecular complexity index is 927. The highest BCUT2D eigenvalue weighted by Gasteiger charge is 2.32. The largest absolute Gasteiger partial charge is 0.496 e. The molecule has 0 saturated carbocycles. The van der Waals surface area contributed by atoms with Crippen LogP contribution in [0, 0.1) is 12.7 Å². The van der Waals surface area contributed by atoms with Crippen LogP contribution in [0.1, 0.15) is 42.8 Å². The molecule has 1 saturated heterocycles. The van der Waals surface area contributed by atoms with E-state index < -0.39 is 0 Å². The lowest BCUT2D eigenvalue weighted by Gasteiger charge is -2.21. The van der Waals surface area contributed by atoms with Crippen molar-refractivity contribution in [3.63, 3.8) is 0 Å². The molecule has 0 bridgehead atoms. The number of nitrogens with two attached hydrogens (primary N) is 1. The van der Waals surface area contributed by atoms with Gasteiger partial charge in [-0.1, -0.05) is 6.07 Å². The van der Waals surface area contributed by atoms with E-state index in [0.29, 0.717) is 23.7 Å². The highest BCUT2D eigenvalue weighted by Crippen LogP contribution is 2.37. The van der Waals surface area contributed by atoms with Gasteiger partial charge in [-0.25, -0.2) is 14.4 Å². The molecular weight excluding hydrogens is 357 g/mol. The van der Waals surface area contributed by atoms with E-state index in [1.807, 2.05) is 19.2 Å². The number of halogens is 1. The van der Waals surface area contributed by atoms with Gasteiger partial charge in [0.2, 0.25) is 5.95 Å². The van der Waals surface area contributed by atoms with Crippen LogP contribution in [0.25, 0.3) is 5.57 Å². The molecule has 1 aromatic heterocycles. The Morgan fingerprint density at radius 2 is 2.18 bits per heavy atom. The molecule has 7 heteroatoms. The monoisotopic (exact) mass is 383 g/mol. The molecule has 28 heavy (non-hydrogen) atoms. The van der Waals surface area contributed by atoms with Crippen LogP contribution in [-0.4, -0.2) is 35.7 Å². The first-order valence-corrected chi connectivity index (χ1v) is 9.54. The lowest BCUT2D eigenvalue weighted by molar-refractivity contribution is 0.409. The zero-order valence-corrected chi connectivity index (χ0v) is 16.5. The average Bonchev–Trinajstić information content (AvgIpc) is 3.27. The number of nitrogens with one attached hydrogen (secondary N) is 1. The first-order chi connectivity index (χ1) is 13.4. The number of aryl methyl sites for hydroxylation is 1. The quantitative estimate of drug-likeness (QED) is 0.845. The fraction of sp³-hybridized carbons (Fsp3) is 0.429. The van der Waals surface area contributed by atoms with E-state index in [9.17, 15) is 4.39 Å². The summed E-state index contributed by atoms with van der Waals surface area (Å²) < 4.78 is 19.8. The highest BCUT2D eigenvalue weighted by atomic mass is 19.1. The number of anilines is 1. The van der Waals surface area contributed by atoms with Crippen LogP contribution in [0.4, 0.5) is 10.3 Å². The van der Waals surface area contributed by atoms with Crippen LogP contribution in [-0.2, 0) is 0 Å². The van der Waals surface area contributed by atoms with Crippen LogP contribution in [0.15, 0.2) is 30.5 Å². The van der Waals surface area contributed by atoms with Crippen molar-refractivity contribution in [2.75, 3.05) is 25.1 Å². The number of hydrogen-bond donors (Lipinski definition) is 2. The third kappa shape index (κ3) is 3.54. The van der Waals surface area contributed by atoms with Gasteiger partial charge in [-0.3, -0.25) is 0 Å². The summed E-state index contributed by atoms with van der Waals surface area (Å²) in [6.45, 7) is 5.61. The standard InChI is InChI=1S/C21H26FN5O/c1-13-9-17(26-20(25-13)27-8-7-21(2,23)12-27)16-10-14(11-24-16)19-15(22)5-4-6-18(19)28-3/h4-6,9,11,16,24H,7-8,10,12,23H2,1-3H3. The molecular formula is C21H26FN5O. The highest BCUT2D eigenvalue weighted by molar-refractivity contribution is 5.73. The molecule has 4 rings (SSSR count). The number of methoxy groups -OCH3 is 1. The molecule has 1 fully saturated rings. The molecule has 0 aliphatic carbocycles. The zero-order chi connectivity index (χ0) is 19.9. The molecule has 2 aliphatic heterocycles. The number of benzene rings is 1. The van der Waals surface area contributed by atoms with E-state index in [4.69, 9.17) is 15.5 Å². The summed E-state index contributed by atoms with van der Waals surface area (Å²) in [6.07, 6.45) is 3.40. The van der Waals surface area contributed by atoms with Gasteiger partial charge < -0.3 is 20.7 Å². The van der Waals surface area contributed by atoms with Gasteiger partial charge in [-0.15, -0.1) is 0 Å². The lowest BCUT2D eigenvalue weighted by Crippen LogP contribution is -2.39. The fourth-order valence-electron chi connectivity index (χ4n) is 3.94. The van der Waals surface area contributed by atoms with Gasteiger partial charge in [0.15, 0.2) is 0 Å². The second kappa shape index (κ2) is 7.05. The molecule has 2 aromatic rings. The van der Waals surface area contributed by atoms with Crippen LogP contribution < -0.4 is 20.7 Å². The van der Waals surface area contributed by atoms with Crippen molar-refractivity contribution in [3.05, 3.63) is 53.2 Å². The predicted molar refractivity (Wildman–Crippen MR) is 108 cm³/mol. The molecule has 0 amide bonds. The Labute approximate surface area is 164 Å². The maximum absolute atomic E-state index is 14.4. The Morgan fingerprint density at radius 1 is 1.36 bits per heavy atom. The fourth-order valence-corrected chi connectivity index (χ4v) is 3.94. The summed E-state index contributed by atoms with van der Waals surface area (Å²) in [5.74, 6) is 0.961. The van der Waals surface area contributed by atoms with E-state index in [1.54, 1.807) is 19.2 Å². The number of aromatic nitrogens is 2. The maximum Gasteiger partial charge on any atom is 0.225 e. The average molecular weight is 383 g/mol. The van der Waals surface area contributed by atoms with Gasteiger partial charge in [0.1, 0.15) is 11.6 Å². The molecule has 3 N–H and O–H groups in total. The van der Waals surface area contributed by atoms with Crippen LogP contribution in [0.3, 0.4) is 0 Å². The Kier molecular flexibility index (Phi) is 4.71. The third-order valence-corrected chi connectivity index (χ3v) is 5.41. The van der Waals surface area contributed by atoms with Gasteiger partial charge >= 0.3 is 0 Å². The van der Waals surface area contributed by atoms with Crippen molar-refractivity contribution in [2.45, 2.75) is 38.3 Å². The minimum atomic E-state index is -0.285. The van der Waals surface area contributed by atoms with Crippen LogP contribution >= 0.6 is 0 Å². The Hall–Kier alpha value is -2.67. The first kappa shape index (κ1) is 18.7. The van der Waals surface area contributed by atoms with Crippen LogP contribution in [0.2, 0.25) is 0 Å². The molecule has 2 aliphatic rings. The number of ether oxygens (including phenoxy) is 1. The third-order valence-electron chi connectivity index (χ3n) is 5.41. The predicted octanol–water partition coefficient (Wildman–Crippen LogP) is 2.94. The van der Waals surface area contributed by atoms with E-state index in [0.717, 1.165) is 36.5 Å². The van der Waals surface area contributed by atoms with Crippen molar-refractivity contribution in [1.29, 1.82) is 0 Å². The van der Waals surface area contributed by atoms with Crippen molar-refractivity contribution in [3.8, 4) is 5.75 Å².